The molecule has 2 N–H and O–H groups in total. The van der Waals surface area contributed by atoms with Crippen LogP contribution in [0, 0.1) is 0 Å². The third kappa shape index (κ3) is 2.87. The number of carbonyl (C=O) groups is 1. The minimum atomic E-state index is -0.209. The van der Waals surface area contributed by atoms with Crippen molar-refractivity contribution in [3.63, 3.8) is 0 Å². The molecule has 0 saturated carbocycles. The van der Waals surface area contributed by atoms with Crippen LogP contribution in [0.1, 0.15) is 5.56 Å². The van der Waals surface area contributed by atoms with E-state index in [0.29, 0.717) is 23.2 Å². The van der Waals surface area contributed by atoms with Gasteiger partial charge >= 0.3 is 0 Å². The Morgan fingerprint density at radius 1 is 1.16 bits per heavy atom. The highest BCUT2D eigenvalue weighted by Gasteiger charge is 2.27. The second kappa shape index (κ2) is 5.86. The fourth-order valence-corrected chi connectivity index (χ4v) is 2.55. The summed E-state index contributed by atoms with van der Waals surface area (Å²) >= 11 is 0. The smallest absolute Gasteiger partial charge is 0.279 e. The van der Waals surface area contributed by atoms with Crippen LogP contribution in [0.25, 0.3) is 6.08 Å². The van der Waals surface area contributed by atoms with E-state index in [1.54, 1.807) is 43.5 Å². The number of benzene rings is 2. The minimum absolute atomic E-state index is 0.173. The van der Waals surface area contributed by atoms with Gasteiger partial charge in [0.25, 0.3) is 5.91 Å². The van der Waals surface area contributed by atoms with Crippen LogP contribution in [0.3, 0.4) is 0 Å². The molecule has 4 rings (SSSR count). The van der Waals surface area contributed by atoms with Crippen LogP contribution in [-0.2, 0) is 4.79 Å². The Morgan fingerprint density at radius 2 is 1.92 bits per heavy atom. The van der Waals surface area contributed by atoms with E-state index in [4.69, 9.17) is 9.47 Å². The van der Waals surface area contributed by atoms with Gasteiger partial charge < -0.3 is 19.9 Å². The Hall–Kier alpha value is -3.48. The van der Waals surface area contributed by atoms with Gasteiger partial charge in [-0.15, -0.1) is 0 Å². The monoisotopic (exact) mass is 337 g/mol. The maximum absolute atomic E-state index is 12.4. The Balaban J connectivity index is 1.60. The summed E-state index contributed by atoms with van der Waals surface area (Å²) < 4.78 is 10.6. The summed E-state index contributed by atoms with van der Waals surface area (Å²) in [6.07, 6.45) is 1.70. The number of hydrogen-bond acceptors (Lipinski definition) is 6. The van der Waals surface area contributed by atoms with Gasteiger partial charge in [-0.3, -0.25) is 9.69 Å². The average Bonchev–Trinajstić information content (AvgIpc) is 3.17. The van der Waals surface area contributed by atoms with E-state index in [9.17, 15) is 9.90 Å². The first-order valence-corrected chi connectivity index (χ1v) is 7.64. The molecule has 7 nitrogen and oxygen atoms in total. The number of rotatable bonds is 2. The second-order valence-electron chi connectivity index (χ2n) is 5.61. The number of phenolic OH excluding ortho intramolecular Hbond substituents is 1. The van der Waals surface area contributed by atoms with E-state index >= 15 is 0 Å². The minimum Gasteiger partial charge on any atom is -0.508 e. The summed E-state index contributed by atoms with van der Waals surface area (Å²) in [5.41, 5.74) is 1.85. The standard InChI is InChI=1S/C18H15N3O4/c1-21-17(23)14(8-11-2-7-15-16(9-11)25-10-24-15)20-18(21)19-12-3-5-13(22)6-4-12/h2-9,22H,10H2,1H3,(H,19,20)/b14-8-. The van der Waals surface area contributed by atoms with E-state index in [1.807, 2.05) is 12.1 Å². The summed E-state index contributed by atoms with van der Waals surface area (Å²) in [6.45, 7) is 0.204. The summed E-state index contributed by atoms with van der Waals surface area (Å²) in [7, 11) is 1.65. The zero-order valence-corrected chi connectivity index (χ0v) is 13.4. The van der Waals surface area contributed by atoms with Gasteiger partial charge in [0.2, 0.25) is 12.8 Å². The molecule has 2 aromatic rings. The first-order chi connectivity index (χ1) is 12.1. The van der Waals surface area contributed by atoms with Crippen LogP contribution in [0.2, 0.25) is 0 Å². The van der Waals surface area contributed by atoms with E-state index in [2.05, 4.69) is 10.3 Å². The lowest BCUT2D eigenvalue weighted by molar-refractivity contribution is -0.121. The Kier molecular flexibility index (Phi) is 3.53. The molecule has 2 heterocycles. The fourth-order valence-electron chi connectivity index (χ4n) is 2.55. The van der Waals surface area contributed by atoms with Crippen molar-refractivity contribution in [1.29, 1.82) is 0 Å². The summed E-state index contributed by atoms with van der Waals surface area (Å²) in [5.74, 6) is 1.73. The number of anilines is 1. The molecule has 0 aromatic heterocycles. The fraction of sp³-hybridized carbons (Fsp3) is 0.111. The van der Waals surface area contributed by atoms with Gasteiger partial charge in [0.05, 0.1) is 0 Å². The van der Waals surface area contributed by atoms with Gasteiger partial charge in [-0.05, 0) is 48.0 Å². The number of hydrogen-bond donors (Lipinski definition) is 2. The first kappa shape index (κ1) is 15.1. The van der Waals surface area contributed by atoms with Crippen LogP contribution in [0.4, 0.5) is 5.69 Å². The predicted molar refractivity (Wildman–Crippen MR) is 92.5 cm³/mol. The Labute approximate surface area is 143 Å². The highest BCUT2D eigenvalue weighted by atomic mass is 16.7. The number of likely N-dealkylation sites (N-methyl/N-ethyl adjacent to an activating group) is 1. The molecule has 1 amide bonds. The summed E-state index contributed by atoms with van der Waals surface area (Å²) in [4.78, 5) is 18.2. The quantitative estimate of drug-likeness (QED) is 0.649. The predicted octanol–water partition coefficient (Wildman–Crippen LogP) is 2.40. The van der Waals surface area contributed by atoms with Crippen LogP contribution < -0.4 is 14.8 Å². The molecule has 2 aliphatic heterocycles. The Morgan fingerprint density at radius 3 is 2.72 bits per heavy atom. The first-order valence-electron chi connectivity index (χ1n) is 7.64. The third-order valence-electron chi connectivity index (χ3n) is 3.89. The number of phenols is 1. The molecule has 0 unspecified atom stereocenters. The molecule has 0 atom stereocenters. The molecule has 2 aromatic carbocycles. The molecule has 0 bridgehead atoms. The largest absolute Gasteiger partial charge is 0.508 e. The normalized spacial score (nSPS) is 17.2. The van der Waals surface area contributed by atoms with Gasteiger partial charge in [0.1, 0.15) is 11.4 Å². The molecule has 0 saturated heterocycles. The van der Waals surface area contributed by atoms with Gasteiger partial charge in [-0.2, -0.15) is 0 Å². The van der Waals surface area contributed by atoms with E-state index in [0.717, 1.165) is 11.3 Å². The molecule has 25 heavy (non-hydrogen) atoms. The van der Waals surface area contributed by atoms with E-state index in [1.165, 1.54) is 4.90 Å². The van der Waals surface area contributed by atoms with Crippen LogP contribution in [0.15, 0.2) is 53.2 Å². The van der Waals surface area contributed by atoms with Crippen molar-refractivity contribution >= 4 is 23.6 Å². The third-order valence-corrected chi connectivity index (χ3v) is 3.89. The lowest BCUT2D eigenvalue weighted by Gasteiger charge is -2.13. The number of ether oxygens (including phenoxy) is 2. The van der Waals surface area contributed by atoms with Crippen molar-refractivity contribution in [3.05, 3.63) is 53.7 Å². The summed E-state index contributed by atoms with van der Waals surface area (Å²) in [5, 5.41) is 12.4. The zero-order valence-electron chi connectivity index (χ0n) is 13.4. The van der Waals surface area contributed by atoms with Gasteiger partial charge in [0, 0.05) is 12.7 Å². The number of fused-ring (bicyclic) bond motifs is 1. The number of aliphatic imine (C=N–C) groups is 1. The highest BCUT2D eigenvalue weighted by Crippen LogP contribution is 2.33. The van der Waals surface area contributed by atoms with Crippen molar-refractivity contribution in [2.75, 3.05) is 19.2 Å². The maximum atomic E-state index is 12.4. The molecule has 0 spiro atoms. The van der Waals surface area contributed by atoms with Gasteiger partial charge in [-0.25, -0.2) is 4.99 Å². The lowest BCUT2D eigenvalue weighted by atomic mass is 10.1. The second-order valence-corrected chi connectivity index (χ2v) is 5.61. The van der Waals surface area contributed by atoms with E-state index in [-0.39, 0.29) is 18.4 Å². The van der Waals surface area contributed by atoms with E-state index < -0.39 is 0 Å². The highest BCUT2D eigenvalue weighted by molar-refractivity contribution is 6.17. The number of nitrogens with one attached hydrogen (secondary N) is 1. The molecular formula is C18H15N3O4. The van der Waals surface area contributed by atoms with Crippen LogP contribution in [-0.4, -0.2) is 35.7 Å². The SMILES string of the molecule is CN1C(=O)/C(=C/c2ccc3c(c2)OCO3)N=C1Nc1ccc(O)cc1. The molecule has 0 aliphatic carbocycles. The van der Waals surface area contributed by atoms with Crippen molar-refractivity contribution < 1.29 is 19.4 Å². The van der Waals surface area contributed by atoms with Crippen LogP contribution in [0.5, 0.6) is 17.2 Å². The van der Waals surface area contributed by atoms with Crippen molar-refractivity contribution in [2.24, 2.45) is 4.99 Å². The molecular weight excluding hydrogens is 322 g/mol. The molecule has 0 radical (unpaired) electrons. The van der Waals surface area contributed by atoms with Crippen molar-refractivity contribution in [1.82, 2.24) is 4.90 Å². The molecule has 7 heteroatoms. The molecule has 0 fully saturated rings. The average molecular weight is 337 g/mol. The van der Waals surface area contributed by atoms with Crippen molar-refractivity contribution in [3.8, 4) is 17.2 Å². The number of aromatic hydroxyl groups is 1. The van der Waals surface area contributed by atoms with Gasteiger partial charge in [0.15, 0.2) is 11.5 Å². The zero-order chi connectivity index (χ0) is 17.4. The number of carbonyl (C=O) groups excluding carboxylic acids is 1. The summed E-state index contributed by atoms with van der Waals surface area (Å²) in [6, 6.07) is 12.0. The van der Waals surface area contributed by atoms with Crippen LogP contribution >= 0.6 is 0 Å². The number of amides is 1. The number of nitrogens with zero attached hydrogens (tertiary/aromatic N) is 2. The topological polar surface area (TPSA) is 83.4 Å². The van der Waals surface area contributed by atoms with Gasteiger partial charge in [-0.1, -0.05) is 6.07 Å². The Bertz CT molecular complexity index is 903. The lowest BCUT2D eigenvalue weighted by Crippen LogP contribution is -2.32. The molecule has 126 valence electrons. The number of guanidine groups is 1. The molecule has 2 aliphatic rings. The maximum Gasteiger partial charge on any atom is 0.279 e. The van der Waals surface area contributed by atoms with Crippen molar-refractivity contribution in [2.45, 2.75) is 0 Å².